The summed E-state index contributed by atoms with van der Waals surface area (Å²) in [6.07, 6.45) is 0.211. The minimum absolute atomic E-state index is 0.121. The number of fused-ring (bicyclic) bond motifs is 3. The quantitative estimate of drug-likeness (QED) is 0.571. The molecule has 5 rings (SSSR count). The Hall–Kier alpha value is -0.200. The van der Waals surface area contributed by atoms with E-state index in [0.717, 1.165) is 6.42 Å². The molecule has 25 heavy (non-hydrogen) atoms. The van der Waals surface area contributed by atoms with Crippen molar-refractivity contribution < 1.29 is 25.2 Å². The zero-order valence-electron chi connectivity index (χ0n) is 15.9. The van der Waals surface area contributed by atoms with Crippen LogP contribution in [0, 0.1) is 40.4 Å². The highest BCUT2D eigenvalue weighted by Gasteiger charge is 2.91. The molecule has 5 heteroatoms. The summed E-state index contributed by atoms with van der Waals surface area (Å²) >= 11 is 0. The van der Waals surface area contributed by atoms with Gasteiger partial charge in [-0.05, 0) is 30.1 Å². The van der Waals surface area contributed by atoms with Crippen molar-refractivity contribution in [3.8, 4) is 0 Å². The van der Waals surface area contributed by atoms with Crippen molar-refractivity contribution in [2.45, 2.75) is 83.1 Å². The van der Waals surface area contributed by atoms with Crippen molar-refractivity contribution in [3.05, 3.63) is 0 Å². The molecule has 0 spiro atoms. The highest BCUT2D eigenvalue weighted by molar-refractivity contribution is 5.37. The van der Waals surface area contributed by atoms with Crippen LogP contribution in [0.2, 0.25) is 0 Å². The molecular formula is C20H32O5. The van der Waals surface area contributed by atoms with E-state index in [1.165, 1.54) is 0 Å². The SMILES string of the molecule is CC(C)[C@@H]1C[C@@H]2[C@@]3(O)[C@@H]4OC(O)(C[C@]2(C)[C@@]2(O)C[C@H](O)[C@@H](C)[C@@H]42)[C@@]13C. The lowest BCUT2D eigenvalue weighted by Gasteiger charge is -2.64. The number of ether oxygens (including phenoxy) is 1. The summed E-state index contributed by atoms with van der Waals surface area (Å²) in [6.45, 7) is 10.2. The van der Waals surface area contributed by atoms with Gasteiger partial charge in [0.2, 0.25) is 0 Å². The van der Waals surface area contributed by atoms with Crippen molar-refractivity contribution in [3.63, 3.8) is 0 Å². The van der Waals surface area contributed by atoms with Gasteiger partial charge < -0.3 is 25.2 Å². The molecule has 0 aromatic carbocycles. The molecule has 1 aliphatic heterocycles. The van der Waals surface area contributed by atoms with Crippen LogP contribution in [0.4, 0.5) is 0 Å². The minimum Gasteiger partial charge on any atom is -0.393 e. The van der Waals surface area contributed by atoms with Gasteiger partial charge >= 0.3 is 0 Å². The number of rotatable bonds is 1. The van der Waals surface area contributed by atoms with Crippen LogP contribution < -0.4 is 0 Å². The van der Waals surface area contributed by atoms with E-state index in [0.29, 0.717) is 18.8 Å². The van der Waals surface area contributed by atoms with Crippen LogP contribution in [-0.2, 0) is 4.74 Å². The second-order valence-corrected chi connectivity index (χ2v) is 10.7. The fourth-order valence-electron chi connectivity index (χ4n) is 8.63. The first-order valence-corrected chi connectivity index (χ1v) is 9.91. The van der Waals surface area contributed by atoms with Crippen molar-refractivity contribution >= 4 is 0 Å². The first-order valence-electron chi connectivity index (χ1n) is 9.91. The lowest BCUT2D eigenvalue weighted by atomic mass is 9.41. The third kappa shape index (κ3) is 1.31. The van der Waals surface area contributed by atoms with Crippen molar-refractivity contribution in [2.24, 2.45) is 40.4 Å². The van der Waals surface area contributed by atoms with Crippen LogP contribution in [0.15, 0.2) is 0 Å². The van der Waals surface area contributed by atoms with E-state index in [2.05, 4.69) is 13.8 Å². The molecule has 5 aliphatic rings. The number of aliphatic hydroxyl groups is 4. The normalized spacial score (nSPS) is 70.3. The maximum atomic E-state index is 12.1. The van der Waals surface area contributed by atoms with Gasteiger partial charge in [0.25, 0.3) is 0 Å². The zero-order chi connectivity index (χ0) is 18.4. The van der Waals surface area contributed by atoms with E-state index in [-0.39, 0.29) is 23.7 Å². The van der Waals surface area contributed by atoms with Crippen LogP contribution in [0.5, 0.6) is 0 Å². The summed E-state index contributed by atoms with van der Waals surface area (Å²) in [5, 5.41) is 46.1. The van der Waals surface area contributed by atoms with E-state index in [1.54, 1.807) is 0 Å². The topological polar surface area (TPSA) is 90.2 Å². The maximum Gasteiger partial charge on any atom is 0.175 e. The number of hydrogen-bond donors (Lipinski definition) is 4. The zero-order valence-corrected chi connectivity index (χ0v) is 15.9. The van der Waals surface area contributed by atoms with Gasteiger partial charge in [0, 0.05) is 24.2 Å². The fraction of sp³-hybridized carbons (Fsp3) is 1.00. The molecule has 0 aromatic heterocycles. The molecule has 5 nitrogen and oxygen atoms in total. The van der Waals surface area contributed by atoms with Gasteiger partial charge in [-0.1, -0.05) is 34.6 Å². The fourth-order valence-corrected chi connectivity index (χ4v) is 8.63. The minimum atomic E-state index is -1.42. The van der Waals surface area contributed by atoms with Crippen molar-refractivity contribution in [1.29, 1.82) is 0 Å². The molecule has 0 radical (unpaired) electrons. The van der Waals surface area contributed by atoms with Crippen LogP contribution in [0.25, 0.3) is 0 Å². The molecule has 4 aliphatic carbocycles. The third-order valence-electron chi connectivity index (χ3n) is 9.90. The summed E-state index contributed by atoms with van der Waals surface area (Å²) in [5.41, 5.74) is -3.66. The van der Waals surface area contributed by atoms with Gasteiger partial charge in [0.15, 0.2) is 5.79 Å². The largest absolute Gasteiger partial charge is 0.393 e. The second-order valence-electron chi connectivity index (χ2n) is 10.7. The molecule has 11 atom stereocenters. The molecule has 4 saturated carbocycles. The van der Waals surface area contributed by atoms with E-state index in [1.807, 2.05) is 20.8 Å². The second kappa shape index (κ2) is 4.12. The van der Waals surface area contributed by atoms with Gasteiger partial charge in [-0.3, -0.25) is 0 Å². The summed E-state index contributed by atoms with van der Waals surface area (Å²) < 4.78 is 6.28. The summed E-state index contributed by atoms with van der Waals surface area (Å²) in [6, 6.07) is 0. The Balaban J connectivity index is 1.79. The Morgan fingerprint density at radius 3 is 2.36 bits per heavy atom. The van der Waals surface area contributed by atoms with Crippen LogP contribution in [-0.4, -0.2) is 49.6 Å². The highest BCUT2D eigenvalue weighted by atomic mass is 16.7. The average Bonchev–Trinajstić information content (AvgIpc) is 2.86. The summed E-state index contributed by atoms with van der Waals surface area (Å²) in [7, 11) is 0. The molecule has 0 aromatic rings. The Bertz CT molecular complexity index is 652. The Morgan fingerprint density at radius 2 is 1.76 bits per heavy atom. The van der Waals surface area contributed by atoms with E-state index < -0.39 is 40.0 Å². The predicted molar refractivity (Wildman–Crippen MR) is 90.3 cm³/mol. The maximum absolute atomic E-state index is 12.1. The van der Waals surface area contributed by atoms with Gasteiger partial charge in [-0.25, -0.2) is 0 Å². The van der Waals surface area contributed by atoms with Gasteiger partial charge in [-0.2, -0.15) is 0 Å². The Labute approximate surface area is 149 Å². The van der Waals surface area contributed by atoms with Gasteiger partial charge in [-0.15, -0.1) is 0 Å². The molecular weight excluding hydrogens is 320 g/mol. The molecule has 142 valence electrons. The van der Waals surface area contributed by atoms with E-state index in [4.69, 9.17) is 4.74 Å². The third-order valence-corrected chi connectivity index (χ3v) is 9.90. The first-order chi connectivity index (χ1) is 11.4. The standard InChI is InChI=1S/C20H32O5/c1-9(2)11-6-13-16(4)8-19(23)17(11,5)20(13,24)15(25-19)14-10(3)12(21)7-18(14,16)22/h9-15,21-24H,6-8H2,1-5H3/t10-,11+,12+,13+,14+,15-,16+,17-,18-,19?,20-/m1/s1. The van der Waals surface area contributed by atoms with E-state index >= 15 is 0 Å². The molecule has 0 amide bonds. The highest BCUT2D eigenvalue weighted by Crippen LogP contribution is 2.83. The van der Waals surface area contributed by atoms with Crippen molar-refractivity contribution in [2.75, 3.05) is 0 Å². The van der Waals surface area contributed by atoms with Gasteiger partial charge in [0.05, 0.1) is 23.2 Å². The molecule has 4 N–H and O–H groups in total. The van der Waals surface area contributed by atoms with Crippen LogP contribution >= 0.6 is 0 Å². The summed E-state index contributed by atoms with van der Waals surface area (Å²) in [4.78, 5) is 0. The molecule has 5 fully saturated rings. The van der Waals surface area contributed by atoms with Gasteiger partial charge in [0.1, 0.15) is 5.60 Å². The number of hydrogen-bond acceptors (Lipinski definition) is 5. The number of aliphatic hydroxyl groups excluding tert-OH is 1. The first kappa shape index (κ1) is 16.9. The monoisotopic (exact) mass is 352 g/mol. The lowest BCUT2D eigenvalue weighted by molar-refractivity contribution is -0.301. The molecule has 1 unspecified atom stereocenters. The van der Waals surface area contributed by atoms with E-state index in [9.17, 15) is 20.4 Å². The van der Waals surface area contributed by atoms with Crippen LogP contribution in [0.3, 0.4) is 0 Å². The lowest BCUT2D eigenvalue weighted by Crippen LogP contribution is -2.75. The molecule has 1 heterocycles. The average molecular weight is 352 g/mol. The van der Waals surface area contributed by atoms with Crippen molar-refractivity contribution in [1.82, 2.24) is 0 Å². The van der Waals surface area contributed by atoms with Crippen LogP contribution in [0.1, 0.15) is 53.9 Å². The molecule has 1 saturated heterocycles. The Morgan fingerprint density at radius 1 is 1.12 bits per heavy atom. The Kier molecular flexibility index (Phi) is 2.79. The molecule has 5 bridgehead atoms. The smallest absolute Gasteiger partial charge is 0.175 e. The summed E-state index contributed by atoms with van der Waals surface area (Å²) in [5.74, 6) is -1.61. The predicted octanol–water partition coefficient (Wildman–Crippen LogP) is 1.27.